The highest BCUT2D eigenvalue weighted by atomic mass is 79.9. The van der Waals surface area contributed by atoms with Gasteiger partial charge in [0.1, 0.15) is 11.6 Å². The first-order valence-corrected chi connectivity index (χ1v) is 4.59. The molecule has 0 bridgehead atoms. The molecule has 0 amide bonds. The van der Waals surface area contributed by atoms with Gasteiger partial charge in [-0.2, -0.15) is 0 Å². The Bertz CT molecular complexity index is 271. The van der Waals surface area contributed by atoms with Gasteiger partial charge in [-0.3, -0.25) is 0 Å². The van der Waals surface area contributed by atoms with Crippen LogP contribution in [0.25, 0.3) is 0 Å². The van der Waals surface area contributed by atoms with Crippen LogP contribution in [0.5, 0.6) is 0 Å². The fraction of sp³-hybridized carbons (Fsp3) is 0.333. The average molecular weight is 235 g/mol. The van der Waals surface area contributed by atoms with E-state index in [4.69, 9.17) is 0 Å². The molecular formula is C9H9BrF2. The van der Waals surface area contributed by atoms with Crippen molar-refractivity contribution in [3.63, 3.8) is 0 Å². The van der Waals surface area contributed by atoms with Crippen LogP contribution >= 0.6 is 15.9 Å². The summed E-state index contributed by atoms with van der Waals surface area (Å²) in [6.45, 7) is 1.92. The van der Waals surface area contributed by atoms with Crippen LogP contribution in [0.15, 0.2) is 18.2 Å². The van der Waals surface area contributed by atoms with Crippen LogP contribution < -0.4 is 0 Å². The van der Waals surface area contributed by atoms with Gasteiger partial charge in [0.05, 0.1) is 0 Å². The molecule has 0 aliphatic carbocycles. The summed E-state index contributed by atoms with van der Waals surface area (Å²) in [5, 5.41) is 0. The van der Waals surface area contributed by atoms with Gasteiger partial charge < -0.3 is 0 Å². The summed E-state index contributed by atoms with van der Waals surface area (Å²) >= 11 is 3.30. The maximum absolute atomic E-state index is 12.9. The van der Waals surface area contributed by atoms with E-state index in [1.807, 2.05) is 6.92 Å². The largest absolute Gasteiger partial charge is 0.207 e. The molecular weight excluding hydrogens is 226 g/mol. The van der Waals surface area contributed by atoms with Gasteiger partial charge in [-0.1, -0.05) is 28.9 Å². The fourth-order valence-corrected chi connectivity index (χ4v) is 1.34. The summed E-state index contributed by atoms with van der Waals surface area (Å²) in [6.07, 6.45) is 0.576. The highest BCUT2D eigenvalue weighted by molar-refractivity contribution is 9.09. The molecule has 12 heavy (non-hydrogen) atoms. The van der Waals surface area contributed by atoms with E-state index in [0.29, 0.717) is 12.0 Å². The molecule has 1 aromatic rings. The van der Waals surface area contributed by atoms with Crippen molar-refractivity contribution >= 4 is 15.9 Å². The summed E-state index contributed by atoms with van der Waals surface area (Å²) in [7, 11) is 0. The molecule has 0 spiro atoms. The number of rotatable bonds is 2. The van der Waals surface area contributed by atoms with Gasteiger partial charge in [0.15, 0.2) is 0 Å². The average Bonchev–Trinajstić information content (AvgIpc) is 1.94. The van der Waals surface area contributed by atoms with Crippen LogP contribution in [0.2, 0.25) is 0 Å². The lowest BCUT2D eigenvalue weighted by molar-refractivity contribution is 0.571. The van der Waals surface area contributed by atoms with Crippen LogP contribution in [-0.2, 0) is 6.42 Å². The monoisotopic (exact) mass is 234 g/mol. The molecule has 0 aliphatic rings. The second kappa shape index (κ2) is 3.99. The third-order valence-electron chi connectivity index (χ3n) is 1.52. The van der Waals surface area contributed by atoms with E-state index in [1.165, 1.54) is 12.1 Å². The Labute approximate surface area is 78.7 Å². The van der Waals surface area contributed by atoms with Crippen molar-refractivity contribution in [3.05, 3.63) is 35.4 Å². The van der Waals surface area contributed by atoms with E-state index < -0.39 is 11.6 Å². The summed E-state index contributed by atoms with van der Waals surface area (Å²) in [6, 6.07) is 3.65. The number of hydrogen-bond donors (Lipinski definition) is 0. The normalized spacial score (nSPS) is 13.0. The first-order valence-electron chi connectivity index (χ1n) is 3.67. The lowest BCUT2D eigenvalue weighted by atomic mass is 10.1. The Kier molecular flexibility index (Phi) is 3.20. The van der Waals surface area contributed by atoms with Crippen LogP contribution in [-0.4, -0.2) is 4.83 Å². The van der Waals surface area contributed by atoms with Crippen molar-refractivity contribution in [1.29, 1.82) is 0 Å². The molecule has 0 aliphatic heterocycles. The van der Waals surface area contributed by atoms with Crippen molar-refractivity contribution in [3.8, 4) is 0 Å². The minimum Gasteiger partial charge on any atom is -0.207 e. The molecule has 0 fully saturated rings. The highest BCUT2D eigenvalue weighted by Crippen LogP contribution is 2.14. The van der Waals surface area contributed by atoms with E-state index in [9.17, 15) is 8.78 Å². The standard InChI is InChI=1S/C9H9BrF2/c1-6(10)4-7-2-3-8(11)5-9(7)12/h2-3,5-6H,4H2,1H3. The quantitative estimate of drug-likeness (QED) is 0.690. The number of hydrogen-bond acceptors (Lipinski definition) is 0. The van der Waals surface area contributed by atoms with Crippen LogP contribution in [0, 0.1) is 11.6 Å². The molecule has 66 valence electrons. The lowest BCUT2D eigenvalue weighted by Gasteiger charge is -2.04. The van der Waals surface area contributed by atoms with Crippen molar-refractivity contribution in [2.45, 2.75) is 18.2 Å². The Morgan fingerprint density at radius 2 is 2.08 bits per heavy atom. The maximum Gasteiger partial charge on any atom is 0.129 e. The minimum absolute atomic E-state index is 0.206. The maximum atomic E-state index is 12.9. The molecule has 0 heterocycles. The molecule has 0 saturated carbocycles. The zero-order valence-electron chi connectivity index (χ0n) is 6.65. The molecule has 0 radical (unpaired) electrons. The molecule has 0 aromatic heterocycles. The molecule has 1 rings (SSSR count). The predicted octanol–water partition coefficient (Wildman–Crippen LogP) is 3.29. The smallest absolute Gasteiger partial charge is 0.129 e. The summed E-state index contributed by atoms with van der Waals surface area (Å²) in [5.74, 6) is -1.00. The van der Waals surface area contributed by atoms with Crippen LogP contribution in [0.1, 0.15) is 12.5 Å². The summed E-state index contributed by atoms with van der Waals surface area (Å²) in [4.78, 5) is 0.206. The topological polar surface area (TPSA) is 0 Å². The zero-order valence-corrected chi connectivity index (χ0v) is 8.24. The number of halogens is 3. The first-order chi connectivity index (χ1) is 5.59. The summed E-state index contributed by atoms with van der Waals surface area (Å²) in [5.41, 5.74) is 0.542. The fourth-order valence-electron chi connectivity index (χ4n) is 0.990. The summed E-state index contributed by atoms with van der Waals surface area (Å²) < 4.78 is 25.4. The van der Waals surface area contributed by atoms with E-state index in [-0.39, 0.29) is 4.83 Å². The van der Waals surface area contributed by atoms with Gasteiger partial charge in [0.25, 0.3) is 0 Å². The van der Waals surface area contributed by atoms with Gasteiger partial charge >= 0.3 is 0 Å². The Morgan fingerprint density at radius 3 is 2.58 bits per heavy atom. The van der Waals surface area contributed by atoms with Crippen LogP contribution in [0.3, 0.4) is 0 Å². The Hall–Kier alpha value is -0.440. The molecule has 1 atom stereocenters. The third kappa shape index (κ3) is 2.55. The van der Waals surface area contributed by atoms with Crippen molar-refractivity contribution in [2.24, 2.45) is 0 Å². The first kappa shape index (κ1) is 9.65. The van der Waals surface area contributed by atoms with Gasteiger partial charge in [-0.25, -0.2) is 8.78 Å². The number of benzene rings is 1. The van der Waals surface area contributed by atoms with Crippen LogP contribution in [0.4, 0.5) is 8.78 Å². The van der Waals surface area contributed by atoms with Crippen molar-refractivity contribution in [2.75, 3.05) is 0 Å². The molecule has 1 aromatic carbocycles. The Balaban J connectivity index is 2.86. The SMILES string of the molecule is CC(Br)Cc1ccc(F)cc1F. The Morgan fingerprint density at radius 1 is 1.42 bits per heavy atom. The van der Waals surface area contributed by atoms with E-state index in [2.05, 4.69) is 15.9 Å². The minimum atomic E-state index is -0.529. The highest BCUT2D eigenvalue weighted by Gasteiger charge is 2.05. The van der Waals surface area contributed by atoms with Gasteiger partial charge in [-0.05, 0) is 18.1 Å². The molecule has 1 unspecified atom stereocenters. The molecule has 0 saturated heterocycles. The molecule has 0 nitrogen and oxygen atoms in total. The molecule has 0 N–H and O–H groups in total. The predicted molar refractivity (Wildman–Crippen MR) is 48.5 cm³/mol. The van der Waals surface area contributed by atoms with Crippen molar-refractivity contribution < 1.29 is 8.78 Å². The second-order valence-corrected chi connectivity index (χ2v) is 4.28. The van der Waals surface area contributed by atoms with Gasteiger partial charge in [0, 0.05) is 10.9 Å². The third-order valence-corrected chi connectivity index (χ3v) is 1.84. The molecule has 3 heteroatoms. The number of alkyl halides is 1. The zero-order chi connectivity index (χ0) is 9.14. The van der Waals surface area contributed by atoms with E-state index in [1.54, 1.807) is 0 Å². The second-order valence-electron chi connectivity index (χ2n) is 2.72. The van der Waals surface area contributed by atoms with Gasteiger partial charge in [0.2, 0.25) is 0 Å². The lowest BCUT2D eigenvalue weighted by Crippen LogP contribution is -1.99. The van der Waals surface area contributed by atoms with Gasteiger partial charge in [-0.15, -0.1) is 0 Å². The van der Waals surface area contributed by atoms with E-state index >= 15 is 0 Å². The van der Waals surface area contributed by atoms with Crippen molar-refractivity contribution in [1.82, 2.24) is 0 Å². The van der Waals surface area contributed by atoms with E-state index in [0.717, 1.165) is 6.07 Å².